The minimum atomic E-state index is -2.83. The van der Waals surface area contributed by atoms with Gasteiger partial charge >= 0.3 is 0 Å². The van der Waals surface area contributed by atoms with Crippen LogP contribution in [0.2, 0.25) is 0 Å². The van der Waals surface area contributed by atoms with Gasteiger partial charge in [0, 0.05) is 18.2 Å². The maximum atomic E-state index is 13.5. The van der Waals surface area contributed by atoms with E-state index in [1.807, 2.05) is 19.9 Å². The van der Waals surface area contributed by atoms with Crippen molar-refractivity contribution in [1.29, 1.82) is 0 Å². The molecular formula is C12H16F2N2O. The van der Waals surface area contributed by atoms with E-state index in [1.165, 1.54) is 0 Å². The lowest BCUT2D eigenvalue weighted by atomic mass is 10.1. The first-order valence-electron chi connectivity index (χ1n) is 5.68. The molecule has 1 saturated heterocycles. The number of ether oxygens (including phenoxy) is 1. The first-order chi connectivity index (χ1) is 7.99. The van der Waals surface area contributed by atoms with Gasteiger partial charge in [0.05, 0.1) is 6.54 Å². The molecule has 0 aromatic carbocycles. The Kier molecular flexibility index (Phi) is 3.28. The second kappa shape index (κ2) is 4.56. The van der Waals surface area contributed by atoms with Gasteiger partial charge in [0.15, 0.2) is 6.10 Å². The van der Waals surface area contributed by atoms with Crippen LogP contribution in [0.3, 0.4) is 0 Å². The molecule has 94 valence electrons. The molecule has 1 unspecified atom stereocenters. The maximum Gasteiger partial charge on any atom is 0.296 e. The fourth-order valence-corrected chi connectivity index (χ4v) is 1.78. The van der Waals surface area contributed by atoms with E-state index in [9.17, 15) is 8.78 Å². The lowest BCUT2D eigenvalue weighted by Crippen LogP contribution is -2.52. The Morgan fingerprint density at radius 3 is 2.82 bits per heavy atom. The molecule has 0 saturated carbocycles. The average Bonchev–Trinajstić information content (AvgIpc) is 2.26. The van der Waals surface area contributed by atoms with Gasteiger partial charge in [0.2, 0.25) is 5.88 Å². The summed E-state index contributed by atoms with van der Waals surface area (Å²) in [6.07, 6.45) is -0.792. The molecule has 1 aliphatic rings. The predicted octanol–water partition coefficient (Wildman–Crippen LogP) is 2.07. The Hall–Kier alpha value is -1.23. The summed E-state index contributed by atoms with van der Waals surface area (Å²) in [4.78, 5) is 4.16. The Bertz CT molecular complexity index is 409. The van der Waals surface area contributed by atoms with E-state index >= 15 is 0 Å². The molecule has 0 radical (unpaired) electrons. The molecule has 2 rings (SSSR count). The predicted molar refractivity (Wildman–Crippen MR) is 60.6 cm³/mol. The summed E-state index contributed by atoms with van der Waals surface area (Å²) < 4.78 is 32.3. The van der Waals surface area contributed by atoms with Crippen molar-refractivity contribution >= 4 is 0 Å². The first-order valence-corrected chi connectivity index (χ1v) is 5.68. The molecule has 1 fully saturated rings. The fraction of sp³-hybridized carbons (Fsp3) is 0.583. The third-order valence-corrected chi connectivity index (χ3v) is 3.00. The SMILES string of the molecule is Cc1ccc(OC2CCNCC2(F)F)nc1C. The molecule has 3 nitrogen and oxygen atoms in total. The normalized spacial score (nSPS) is 23.4. The molecule has 17 heavy (non-hydrogen) atoms. The summed E-state index contributed by atoms with van der Waals surface area (Å²) in [6, 6.07) is 3.47. The van der Waals surface area contributed by atoms with Crippen molar-refractivity contribution in [3.05, 3.63) is 23.4 Å². The number of hydrogen-bond donors (Lipinski definition) is 1. The molecule has 5 heteroatoms. The zero-order chi connectivity index (χ0) is 12.5. The molecule has 0 amide bonds. The largest absolute Gasteiger partial charge is 0.468 e. The monoisotopic (exact) mass is 242 g/mol. The molecule has 1 aromatic rings. The molecule has 2 heterocycles. The van der Waals surface area contributed by atoms with Crippen LogP contribution in [-0.4, -0.2) is 30.1 Å². The summed E-state index contributed by atoms with van der Waals surface area (Å²) in [5.74, 6) is -2.56. The van der Waals surface area contributed by atoms with Crippen molar-refractivity contribution < 1.29 is 13.5 Å². The third kappa shape index (κ3) is 2.72. The molecule has 0 bridgehead atoms. The summed E-state index contributed by atoms with van der Waals surface area (Å²) in [5, 5.41) is 2.66. The Morgan fingerprint density at radius 2 is 2.18 bits per heavy atom. The molecule has 1 N–H and O–H groups in total. The van der Waals surface area contributed by atoms with E-state index in [0.717, 1.165) is 11.3 Å². The molecular weight excluding hydrogens is 226 g/mol. The number of piperidine rings is 1. The second-order valence-electron chi connectivity index (χ2n) is 4.38. The first kappa shape index (κ1) is 12.2. The number of pyridine rings is 1. The van der Waals surface area contributed by atoms with Crippen LogP contribution in [0.15, 0.2) is 12.1 Å². The van der Waals surface area contributed by atoms with Gasteiger partial charge in [-0.3, -0.25) is 0 Å². The van der Waals surface area contributed by atoms with E-state index in [1.54, 1.807) is 6.07 Å². The van der Waals surface area contributed by atoms with Crippen LogP contribution in [-0.2, 0) is 0 Å². The third-order valence-electron chi connectivity index (χ3n) is 3.00. The minimum absolute atomic E-state index is 0.277. The van der Waals surface area contributed by atoms with Gasteiger partial charge in [-0.05, 0) is 26.0 Å². The van der Waals surface area contributed by atoms with Crippen molar-refractivity contribution in [3.63, 3.8) is 0 Å². The fourth-order valence-electron chi connectivity index (χ4n) is 1.78. The van der Waals surface area contributed by atoms with Gasteiger partial charge < -0.3 is 10.1 Å². The zero-order valence-electron chi connectivity index (χ0n) is 9.96. The quantitative estimate of drug-likeness (QED) is 0.862. The van der Waals surface area contributed by atoms with Crippen LogP contribution < -0.4 is 10.1 Å². The van der Waals surface area contributed by atoms with E-state index in [4.69, 9.17) is 4.74 Å². The van der Waals surface area contributed by atoms with E-state index < -0.39 is 12.0 Å². The lowest BCUT2D eigenvalue weighted by Gasteiger charge is -2.31. The van der Waals surface area contributed by atoms with Gasteiger partial charge in [-0.2, -0.15) is 0 Å². The van der Waals surface area contributed by atoms with E-state index in [-0.39, 0.29) is 12.4 Å². The van der Waals surface area contributed by atoms with Crippen LogP contribution in [0, 0.1) is 13.8 Å². The zero-order valence-corrected chi connectivity index (χ0v) is 9.96. The second-order valence-corrected chi connectivity index (χ2v) is 4.38. The highest BCUT2D eigenvalue weighted by molar-refractivity contribution is 5.23. The highest BCUT2D eigenvalue weighted by Crippen LogP contribution is 2.27. The van der Waals surface area contributed by atoms with Crippen LogP contribution in [0.4, 0.5) is 8.78 Å². The van der Waals surface area contributed by atoms with Gasteiger partial charge in [0.25, 0.3) is 5.92 Å². The summed E-state index contributed by atoms with van der Waals surface area (Å²) >= 11 is 0. The average molecular weight is 242 g/mol. The number of halogens is 2. The van der Waals surface area contributed by atoms with Gasteiger partial charge in [-0.25, -0.2) is 13.8 Å². The summed E-state index contributed by atoms with van der Waals surface area (Å²) in [5.41, 5.74) is 1.83. The number of nitrogens with zero attached hydrogens (tertiary/aromatic N) is 1. The standard InChI is InChI=1S/C12H16F2N2O/c1-8-3-4-11(16-9(8)2)17-10-5-6-15-7-12(10,13)14/h3-4,10,15H,5-7H2,1-2H3. The number of nitrogens with one attached hydrogen (secondary N) is 1. The van der Waals surface area contributed by atoms with Crippen LogP contribution in [0.1, 0.15) is 17.7 Å². The van der Waals surface area contributed by atoms with Crippen molar-refractivity contribution in [2.45, 2.75) is 32.3 Å². The van der Waals surface area contributed by atoms with Crippen molar-refractivity contribution in [2.24, 2.45) is 0 Å². The van der Waals surface area contributed by atoms with Crippen molar-refractivity contribution in [3.8, 4) is 5.88 Å². The number of hydrogen-bond acceptors (Lipinski definition) is 3. The Balaban J connectivity index is 2.11. The Morgan fingerprint density at radius 1 is 1.41 bits per heavy atom. The van der Waals surface area contributed by atoms with Crippen LogP contribution in [0.25, 0.3) is 0 Å². The van der Waals surface area contributed by atoms with Gasteiger partial charge in [-0.1, -0.05) is 6.07 Å². The maximum absolute atomic E-state index is 13.5. The summed E-state index contributed by atoms with van der Waals surface area (Å²) in [6.45, 7) is 3.97. The smallest absolute Gasteiger partial charge is 0.296 e. The van der Waals surface area contributed by atoms with Crippen LogP contribution in [0.5, 0.6) is 5.88 Å². The number of rotatable bonds is 2. The van der Waals surface area contributed by atoms with Gasteiger partial charge in [0.1, 0.15) is 0 Å². The number of alkyl halides is 2. The lowest BCUT2D eigenvalue weighted by molar-refractivity contribution is -0.110. The topological polar surface area (TPSA) is 34.1 Å². The van der Waals surface area contributed by atoms with E-state index in [0.29, 0.717) is 13.0 Å². The van der Waals surface area contributed by atoms with Crippen molar-refractivity contribution in [2.75, 3.05) is 13.1 Å². The molecule has 1 aliphatic heterocycles. The Labute approximate surface area is 99.2 Å². The highest BCUT2D eigenvalue weighted by Gasteiger charge is 2.43. The number of aromatic nitrogens is 1. The highest BCUT2D eigenvalue weighted by atomic mass is 19.3. The molecule has 1 atom stereocenters. The molecule has 1 aromatic heterocycles. The van der Waals surface area contributed by atoms with Crippen LogP contribution >= 0.6 is 0 Å². The van der Waals surface area contributed by atoms with Crippen molar-refractivity contribution in [1.82, 2.24) is 10.3 Å². The molecule has 0 aliphatic carbocycles. The number of aryl methyl sites for hydroxylation is 2. The summed E-state index contributed by atoms with van der Waals surface area (Å²) in [7, 11) is 0. The van der Waals surface area contributed by atoms with Gasteiger partial charge in [-0.15, -0.1) is 0 Å². The molecule has 0 spiro atoms. The minimum Gasteiger partial charge on any atom is -0.468 e. The van der Waals surface area contributed by atoms with E-state index in [2.05, 4.69) is 10.3 Å².